The summed E-state index contributed by atoms with van der Waals surface area (Å²) in [5.74, 6) is 1.12. The van der Waals surface area contributed by atoms with Gasteiger partial charge in [-0.1, -0.05) is 44.2 Å². The van der Waals surface area contributed by atoms with Crippen LogP contribution in [0.25, 0.3) is 0 Å². The number of amides is 1. The SMILES string of the molecule is Cc1ccc(CN(Cc2ccccc2)C(=O)CN(CCN2CCOCC2)S(=O)(=O)CC23CCC(CC2=O)C3(C)C)o1. The van der Waals surface area contributed by atoms with E-state index in [9.17, 15) is 18.0 Å². The summed E-state index contributed by atoms with van der Waals surface area (Å²) in [6.45, 7) is 9.54. The third-order valence-electron chi connectivity index (χ3n) is 9.75. The largest absolute Gasteiger partial charge is 0.464 e. The summed E-state index contributed by atoms with van der Waals surface area (Å²) in [5.41, 5.74) is -0.333. The Hall–Kier alpha value is -2.53. The lowest BCUT2D eigenvalue weighted by Gasteiger charge is -2.38. The van der Waals surface area contributed by atoms with Gasteiger partial charge in [0.25, 0.3) is 0 Å². The summed E-state index contributed by atoms with van der Waals surface area (Å²) in [4.78, 5) is 31.0. The van der Waals surface area contributed by atoms with Gasteiger partial charge in [-0.25, -0.2) is 8.42 Å². The number of aryl methyl sites for hydroxylation is 1. The number of ether oxygens (including phenoxy) is 1. The maximum atomic E-state index is 14.2. The molecule has 2 aromatic rings. The second-order valence-corrected chi connectivity index (χ2v) is 14.4. The van der Waals surface area contributed by atoms with Crippen molar-refractivity contribution in [3.05, 3.63) is 59.5 Å². The quantitative estimate of drug-likeness (QED) is 0.376. The van der Waals surface area contributed by atoms with Crippen molar-refractivity contribution in [1.82, 2.24) is 14.1 Å². The van der Waals surface area contributed by atoms with Crippen LogP contribution in [0.1, 0.15) is 50.2 Å². The molecule has 2 aliphatic carbocycles. The molecule has 1 saturated heterocycles. The Kier molecular flexibility index (Phi) is 8.76. The van der Waals surface area contributed by atoms with E-state index in [1.165, 1.54) is 4.31 Å². The van der Waals surface area contributed by atoms with Crippen molar-refractivity contribution in [3.8, 4) is 0 Å². The normalized spacial score (nSPS) is 24.3. The summed E-state index contributed by atoms with van der Waals surface area (Å²) >= 11 is 0. The predicted octanol–water partition coefficient (Wildman–Crippen LogP) is 3.48. The first kappa shape index (κ1) is 29.9. The number of benzene rings is 1. The number of carbonyl (C=O) groups excluding carboxylic acids is 2. The average Bonchev–Trinajstić information content (AvgIpc) is 3.52. The van der Waals surface area contributed by atoms with Gasteiger partial charge in [-0.15, -0.1) is 0 Å². The molecule has 9 nitrogen and oxygen atoms in total. The van der Waals surface area contributed by atoms with E-state index >= 15 is 0 Å². The Morgan fingerprint density at radius 1 is 1.07 bits per heavy atom. The number of hydrogen-bond acceptors (Lipinski definition) is 7. The lowest BCUT2D eigenvalue weighted by atomic mass is 9.70. The highest BCUT2D eigenvalue weighted by Crippen LogP contribution is 2.64. The fourth-order valence-corrected chi connectivity index (χ4v) is 9.10. The van der Waals surface area contributed by atoms with E-state index in [2.05, 4.69) is 4.90 Å². The summed E-state index contributed by atoms with van der Waals surface area (Å²) in [7, 11) is -3.94. The summed E-state index contributed by atoms with van der Waals surface area (Å²) in [6, 6.07) is 13.4. The molecule has 1 aromatic carbocycles. The summed E-state index contributed by atoms with van der Waals surface area (Å²) in [6.07, 6.45) is 1.91. The number of ketones is 1. The number of morpholine rings is 1. The molecule has 2 unspecified atom stereocenters. The van der Waals surface area contributed by atoms with Crippen molar-refractivity contribution in [1.29, 1.82) is 0 Å². The van der Waals surface area contributed by atoms with Gasteiger partial charge in [0.15, 0.2) is 0 Å². The lowest BCUT2D eigenvalue weighted by Crippen LogP contribution is -2.51. The van der Waals surface area contributed by atoms with Crippen molar-refractivity contribution in [2.75, 3.05) is 51.7 Å². The van der Waals surface area contributed by atoms with Gasteiger partial charge in [0.2, 0.25) is 15.9 Å². The maximum Gasteiger partial charge on any atom is 0.238 e. The van der Waals surface area contributed by atoms with Crippen LogP contribution in [0.5, 0.6) is 0 Å². The smallest absolute Gasteiger partial charge is 0.238 e. The van der Waals surface area contributed by atoms with E-state index in [-0.39, 0.29) is 48.4 Å². The highest BCUT2D eigenvalue weighted by atomic mass is 32.2. The molecule has 0 N–H and O–H groups in total. The highest BCUT2D eigenvalue weighted by molar-refractivity contribution is 7.89. The number of carbonyl (C=O) groups is 2. The molecule has 0 radical (unpaired) electrons. The van der Waals surface area contributed by atoms with Crippen LogP contribution in [-0.2, 0) is 37.4 Å². The first-order chi connectivity index (χ1) is 19.5. The number of sulfonamides is 1. The molecule has 2 atom stereocenters. The zero-order valence-electron chi connectivity index (χ0n) is 24.5. The van der Waals surface area contributed by atoms with Gasteiger partial charge < -0.3 is 14.1 Å². The molecule has 10 heteroatoms. The Labute approximate surface area is 243 Å². The van der Waals surface area contributed by atoms with Gasteiger partial charge in [-0.05, 0) is 48.8 Å². The fourth-order valence-electron chi connectivity index (χ4n) is 6.95. The van der Waals surface area contributed by atoms with Crippen molar-refractivity contribution in [2.45, 2.75) is 53.1 Å². The highest BCUT2D eigenvalue weighted by Gasteiger charge is 2.65. The monoisotopic (exact) mass is 585 g/mol. The van der Waals surface area contributed by atoms with Crippen molar-refractivity contribution in [3.63, 3.8) is 0 Å². The molecular weight excluding hydrogens is 542 g/mol. The van der Waals surface area contributed by atoms with Crippen molar-refractivity contribution in [2.24, 2.45) is 16.7 Å². The third kappa shape index (κ3) is 6.30. The van der Waals surface area contributed by atoms with Crippen LogP contribution in [-0.4, -0.2) is 85.9 Å². The first-order valence-corrected chi connectivity index (χ1v) is 16.3. The van der Waals surface area contributed by atoms with E-state index < -0.39 is 15.4 Å². The van der Waals surface area contributed by atoms with Gasteiger partial charge in [-0.3, -0.25) is 14.5 Å². The molecule has 2 heterocycles. The zero-order valence-corrected chi connectivity index (χ0v) is 25.3. The molecule has 0 spiro atoms. The van der Waals surface area contributed by atoms with Crippen LogP contribution in [0, 0.1) is 23.7 Å². The molecular formula is C31H43N3O6S. The topological polar surface area (TPSA) is 100 Å². The lowest BCUT2D eigenvalue weighted by molar-refractivity contribution is -0.133. The van der Waals surface area contributed by atoms with Crippen LogP contribution in [0.4, 0.5) is 0 Å². The van der Waals surface area contributed by atoms with E-state index in [0.29, 0.717) is 44.9 Å². The maximum absolute atomic E-state index is 14.2. The number of hydrogen-bond donors (Lipinski definition) is 0. The Morgan fingerprint density at radius 2 is 1.80 bits per heavy atom. The van der Waals surface area contributed by atoms with Crippen LogP contribution in [0.3, 0.4) is 0 Å². The Morgan fingerprint density at radius 3 is 2.41 bits per heavy atom. The predicted molar refractivity (Wildman–Crippen MR) is 155 cm³/mol. The summed E-state index contributed by atoms with van der Waals surface area (Å²) in [5, 5.41) is 0. The van der Waals surface area contributed by atoms with E-state index in [1.807, 2.05) is 63.2 Å². The van der Waals surface area contributed by atoms with Gasteiger partial charge in [0.1, 0.15) is 17.3 Å². The number of Topliss-reactive ketones (excluding diaryl/α,β-unsaturated/α-hetero) is 1. The van der Waals surface area contributed by atoms with Gasteiger partial charge in [0.05, 0.1) is 32.1 Å². The molecule has 2 bridgehead atoms. The van der Waals surface area contributed by atoms with Crippen LogP contribution < -0.4 is 0 Å². The van der Waals surface area contributed by atoms with Crippen molar-refractivity contribution < 1.29 is 27.2 Å². The zero-order chi connectivity index (χ0) is 29.3. The molecule has 5 rings (SSSR count). The minimum Gasteiger partial charge on any atom is -0.464 e. The number of nitrogens with zero attached hydrogens (tertiary/aromatic N) is 3. The van der Waals surface area contributed by atoms with Crippen molar-refractivity contribution >= 4 is 21.7 Å². The fraction of sp³-hybridized carbons (Fsp3) is 0.613. The average molecular weight is 586 g/mol. The second kappa shape index (κ2) is 12.0. The van der Waals surface area contributed by atoms with Crippen LogP contribution in [0.15, 0.2) is 46.9 Å². The Bertz CT molecular complexity index is 1330. The standard InChI is InChI=1S/C31H43N3O6S/c1-24-9-10-27(40-24)21-33(20-25-7-5-4-6-8-25)29(36)22-34(14-13-32-15-17-39-18-16-32)41(37,38)23-31-12-11-26(19-28(31)35)30(31,2)3/h4-10,26H,11-23H2,1-3H3. The van der Waals surface area contributed by atoms with E-state index in [1.54, 1.807) is 4.90 Å². The molecule has 2 saturated carbocycles. The molecule has 1 amide bonds. The molecule has 1 aliphatic heterocycles. The Balaban J connectivity index is 1.39. The van der Waals surface area contributed by atoms with Gasteiger partial charge in [-0.2, -0.15) is 4.31 Å². The van der Waals surface area contributed by atoms with Gasteiger partial charge >= 0.3 is 0 Å². The molecule has 3 fully saturated rings. The van der Waals surface area contributed by atoms with Crippen LogP contribution >= 0.6 is 0 Å². The third-order valence-corrected chi connectivity index (χ3v) is 11.7. The number of fused-ring (bicyclic) bond motifs is 2. The minimum absolute atomic E-state index is 0.0562. The number of rotatable bonds is 12. The van der Waals surface area contributed by atoms with Crippen LogP contribution in [0.2, 0.25) is 0 Å². The molecule has 41 heavy (non-hydrogen) atoms. The number of furan rings is 1. The van der Waals surface area contributed by atoms with E-state index in [4.69, 9.17) is 9.15 Å². The van der Waals surface area contributed by atoms with Gasteiger partial charge in [0, 0.05) is 44.6 Å². The molecule has 224 valence electrons. The molecule has 1 aromatic heterocycles. The second-order valence-electron chi connectivity index (χ2n) is 12.5. The summed E-state index contributed by atoms with van der Waals surface area (Å²) < 4.78 is 41.0. The molecule has 3 aliphatic rings. The minimum atomic E-state index is -3.94. The first-order valence-electron chi connectivity index (χ1n) is 14.7. The van der Waals surface area contributed by atoms with E-state index in [0.717, 1.165) is 30.8 Å².